The van der Waals surface area contributed by atoms with Gasteiger partial charge in [-0.3, -0.25) is 14.3 Å². The highest BCUT2D eigenvalue weighted by Gasteiger charge is 2.26. The molecule has 1 unspecified atom stereocenters. The van der Waals surface area contributed by atoms with Gasteiger partial charge in [0.25, 0.3) is 0 Å². The van der Waals surface area contributed by atoms with Crippen LogP contribution in [0.25, 0.3) is 0 Å². The van der Waals surface area contributed by atoms with Crippen LogP contribution in [0.5, 0.6) is 0 Å². The van der Waals surface area contributed by atoms with Crippen LogP contribution in [-0.2, 0) is 33.7 Å². The number of methoxy groups -OCH3 is 1. The molecule has 1 N–H and O–H groups in total. The highest BCUT2D eigenvalue weighted by atomic mass is 16.5. The number of carbonyl (C=O) groups excluding carboxylic acids is 1. The second-order valence-corrected chi connectivity index (χ2v) is 4.15. The molecule has 0 aromatic carbocycles. The van der Waals surface area contributed by atoms with E-state index in [1.807, 2.05) is 0 Å². The first kappa shape index (κ1) is 14.2. The predicted octanol–water partition coefficient (Wildman–Crippen LogP) is 0.882. The molecule has 1 aromatic rings. The zero-order chi connectivity index (χ0) is 12.4. The summed E-state index contributed by atoms with van der Waals surface area (Å²) in [7, 11) is 1.33. The Bertz CT molecular complexity index is 453. The average Bonchev–Trinajstić information content (AvgIpc) is 2.69. The minimum Gasteiger partial charge on any atom is -0.481 e. The minimum absolute atomic E-state index is 0. The van der Waals surface area contributed by atoms with Crippen molar-refractivity contribution in [2.45, 2.75) is 33.2 Å². The van der Waals surface area contributed by atoms with Crippen LogP contribution >= 0.6 is 0 Å². The van der Waals surface area contributed by atoms with Gasteiger partial charge in [0.05, 0.1) is 18.7 Å². The van der Waals surface area contributed by atoms with E-state index in [2.05, 4.69) is 9.84 Å². The van der Waals surface area contributed by atoms with Crippen LogP contribution in [0.2, 0.25) is 0 Å². The van der Waals surface area contributed by atoms with Crippen molar-refractivity contribution in [1.82, 2.24) is 9.78 Å². The van der Waals surface area contributed by atoms with E-state index >= 15 is 0 Å². The third-order valence-corrected chi connectivity index (χ3v) is 2.99. The van der Waals surface area contributed by atoms with E-state index in [1.54, 1.807) is 6.20 Å². The predicted molar refractivity (Wildman–Crippen MR) is 64.1 cm³/mol. The summed E-state index contributed by atoms with van der Waals surface area (Å²) in [6.45, 7) is 0.0707. The van der Waals surface area contributed by atoms with E-state index < -0.39 is 5.97 Å². The number of carboxylic acid groups (broad SMARTS) is 1. The Labute approximate surface area is 106 Å². The zero-order valence-corrected chi connectivity index (χ0v) is 9.55. The summed E-state index contributed by atoms with van der Waals surface area (Å²) in [4.78, 5) is 22.0. The van der Waals surface area contributed by atoms with Crippen LogP contribution in [0.4, 0.5) is 0 Å². The number of carboxylic acids is 1. The Morgan fingerprint density at radius 1 is 1.61 bits per heavy atom. The van der Waals surface area contributed by atoms with Gasteiger partial charge >= 0.3 is 11.9 Å². The summed E-state index contributed by atoms with van der Waals surface area (Å²) < 4.78 is 6.07. The van der Waals surface area contributed by atoms with Crippen molar-refractivity contribution >= 4 is 11.9 Å². The first-order valence-electron chi connectivity index (χ1n) is 5.45. The third kappa shape index (κ3) is 2.88. The number of hydrogen-bond acceptors (Lipinski definition) is 4. The molecule has 0 radical (unpaired) electrons. The van der Waals surface area contributed by atoms with Crippen LogP contribution in [0, 0.1) is 5.92 Å². The van der Waals surface area contributed by atoms with Crippen molar-refractivity contribution in [3.63, 3.8) is 0 Å². The number of hydrogen-bond donors (Lipinski definition) is 1. The van der Waals surface area contributed by atoms with Crippen molar-refractivity contribution in [3.8, 4) is 0 Å². The maximum absolute atomic E-state index is 11.1. The third-order valence-electron chi connectivity index (χ3n) is 2.99. The Morgan fingerprint density at radius 2 is 2.33 bits per heavy atom. The van der Waals surface area contributed by atoms with Crippen LogP contribution in [0.3, 0.4) is 0 Å². The molecule has 0 amide bonds. The average molecular weight is 254 g/mol. The summed E-state index contributed by atoms with van der Waals surface area (Å²) in [6, 6.07) is 0. The Kier molecular flexibility index (Phi) is 4.47. The second kappa shape index (κ2) is 5.66. The van der Waals surface area contributed by atoms with Crippen molar-refractivity contribution in [2.75, 3.05) is 7.11 Å². The number of fused-ring (bicyclic) bond motifs is 1. The number of aryl methyl sites for hydroxylation is 1. The Hall–Kier alpha value is -1.85. The quantitative estimate of drug-likeness (QED) is 0.810. The maximum Gasteiger partial charge on any atom is 0.327 e. The summed E-state index contributed by atoms with van der Waals surface area (Å²) in [6.07, 6.45) is 3.49. The van der Waals surface area contributed by atoms with Crippen LogP contribution in [-0.4, -0.2) is 33.9 Å². The Balaban J connectivity index is 0.00000162. The molecule has 2 rings (SSSR count). The van der Waals surface area contributed by atoms with E-state index in [0.29, 0.717) is 19.3 Å². The molecule has 18 heavy (non-hydrogen) atoms. The molecule has 1 aliphatic rings. The van der Waals surface area contributed by atoms with Gasteiger partial charge in [-0.1, -0.05) is 7.43 Å². The van der Waals surface area contributed by atoms with Crippen molar-refractivity contribution in [3.05, 3.63) is 17.5 Å². The molecule has 0 spiro atoms. The number of nitrogens with zero attached hydrogens (tertiary/aromatic N) is 2. The lowest BCUT2D eigenvalue weighted by molar-refractivity contribution is -0.142. The van der Waals surface area contributed by atoms with Crippen LogP contribution in [0.15, 0.2) is 6.20 Å². The molecule has 1 aliphatic carbocycles. The molecule has 0 saturated heterocycles. The molecule has 6 heteroatoms. The van der Waals surface area contributed by atoms with Crippen molar-refractivity contribution < 1.29 is 19.4 Å². The number of aliphatic carboxylic acids is 1. The number of ether oxygens (including phenoxy) is 1. The topological polar surface area (TPSA) is 81.4 Å². The van der Waals surface area contributed by atoms with Gasteiger partial charge in [0, 0.05) is 6.20 Å². The van der Waals surface area contributed by atoms with Gasteiger partial charge in [-0.15, -0.1) is 0 Å². The molecule has 0 saturated carbocycles. The van der Waals surface area contributed by atoms with E-state index in [1.165, 1.54) is 11.8 Å². The molecule has 100 valence electrons. The summed E-state index contributed by atoms with van der Waals surface area (Å²) in [5.74, 6) is -1.46. The molecule has 6 nitrogen and oxygen atoms in total. The van der Waals surface area contributed by atoms with Gasteiger partial charge in [-0.05, 0) is 24.8 Å². The standard InChI is InChI=1S/C11H14N2O4.CH4/c1-17-10(14)6-13-5-8-4-7(11(15)16)2-3-9(8)12-13;/h5,7H,2-4,6H2,1H3,(H,15,16);1H4. The lowest BCUT2D eigenvalue weighted by Crippen LogP contribution is -2.21. The lowest BCUT2D eigenvalue weighted by atomic mass is 9.88. The number of rotatable bonds is 3. The van der Waals surface area contributed by atoms with Gasteiger partial charge in [0.2, 0.25) is 0 Å². The van der Waals surface area contributed by atoms with Crippen molar-refractivity contribution in [1.29, 1.82) is 0 Å². The fourth-order valence-corrected chi connectivity index (χ4v) is 2.05. The lowest BCUT2D eigenvalue weighted by Gasteiger charge is -2.16. The van der Waals surface area contributed by atoms with E-state index in [9.17, 15) is 9.59 Å². The molecule has 1 atom stereocenters. The van der Waals surface area contributed by atoms with Gasteiger partial charge in [-0.25, -0.2) is 0 Å². The second-order valence-electron chi connectivity index (χ2n) is 4.15. The van der Waals surface area contributed by atoms with E-state index in [-0.39, 0.29) is 25.9 Å². The Morgan fingerprint density at radius 3 is 2.94 bits per heavy atom. The molecular weight excluding hydrogens is 236 g/mol. The fraction of sp³-hybridized carbons (Fsp3) is 0.583. The maximum atomic E-state index is 11.1. The highest BCUT2D eigenvalue weighted by Crippen LogP contribution is 2.24. The summed E-state index contributed by atoms with van der Waals surface area (Å²) in [5, 5.41) is 13.2. The number of carbonyl (C=O) groups is 2. The first-order valence-corrected chi connectivity index (χ1v) is 5.45. The minimum atomic E-state index is -0.767. The van der Waals surface area contributed by atoms with Crippen LogP contribution in [0.1, 0.15) is 25.1 Å². The zero-order valence-electron chi connectivity index (χ0n) is 9.55. The van der Waals surface area contributed by atoms with E-state index in [0.717, 1.165) is 11.3 Å². The van der Waals surface area contributed by atoms with Gasteiger partial charge < -0.3 is 9.84 Å². The van der Waals surface area contributed by atoms with Crippen molar-refractivity contribution in [2.24, 2.45) is 5.92 Å². The van der Waals surface area contributed by atoms with Gasteiger partial charge in [-0.2, -0.15) is 5.10 Å². The first-order chi connectivity index (χ1) is 8.10. The molecule has 0 aliphatic heterocycles. The van der Waals surface area contributed by atoms with Gasteiger partial charge in [0.15, 0.2) is 0 Å². The smallest absolute Gasteiger partial charge is 0.327 e. The van der Waals surface area contributed by atoms with Crippen LogP contribution < -0.4 is 0 Å². The normalized spacial score (nSPS) is 17.5. The molecular formula is C12H18N2O4. The van der Waals surface area contributed by atoms with E-state index in [4.69, 9.17) is 5.11 Å². The fourth-order valence-electron chi connectivity index (χ4n) is 2.05. The molecule has 0 fully saturated rings. The summed E-state index contributed by atoms with van der Waals surface area (Å²) in [5.41, 5.74) is 1.82. The largest absolute Gasteiger partial charge is 0.481 e. The summed E-state index contributed by atoms with van der Waals surface area (Å²) >= 11 is 0. The highest BCUT2D eigenvalue weighted by molar-refractivity contribution is 5.71. The monoisotopic (exact) mass is 254 g/mol. The molecule has 1 heterocycles. The molecule has 0 bridgehead atoms. The SMILES string of the molecule is C.COC(=O)Cn1cc2c(n1)CCC(C(=O)O)C2. The van der Waals surface area contributed by atoms with Gasteiger partial charge in [0.1, 0.15) is 6.54 Å². The number of aromatic nitrogens is 2. The number of esters is 1. The molecule has 1 aromatic heterocycles.